The number of hydrogen-bond acceptors (Lipinski definition) is 7. The van der Waals surface area contributed by atoms with Crippen LogP contribution in [-0.2, 0) is 9.53 Å². The fraction of sp³-hybridized carbons (Fsp3) is 0.483. The van der Waals surface area contributed by atoms with Crippen LogP contribution in [0, 0.1) is 6.92 Å². The van der Waals surface area contributed by atoms with Crippen molar-refractivity contribution in [2.75, 3.05) is 60.6 Å². The molecule has 0 N–H and O–H groups in total. The number of aryl methyl sites for hydroxylation is 1. The molecule has 11 heteroatoms. The molecule has 0 unspecified atom stereocenters. The van der Waals surface area contributed by atoms with Gasteiger partial charge >= 0.3 is 12.1 Å². The fourth-order valence-corrected chi connectivity index (χ4v) is 5.85. The second kappa shape index (κ2) is 10.1. The molecule has 6 rings (SSSR count). The summed E-state index contributed by atoms with van der Waals surface area (Å²) in [5.41, 5.74) is 3.75. The summed E-state index contributed by atoms with van der Waals surface area (Å²) in [4.78, 5) is 64.3. The van der Waals surface area contributed by atoms with E-state index in [2.05, 4.69) is 17.9 Å². The summed E-state index contributed by atoms with van der Waals surface area (Å²) in [6.07, 6.45) is 3.99. The lowest BCUT2D eigenvalue weighted by Gasteiger charge is -2.36. The Bertz CT molecular complexity index is 1380. The first kappa shape index (κ1) is 26.1. The number of ether oxygens (including phenoxy) is 1. The van der Waals surface area contributed by atoms with Gasteiger partial charge in [0.2, 0.25) is 5.91 Å². The number of nitrogens with zero attached hydrogens (tertiary/aromatic N) is 6. The molecule has 4 aliphatic rings. The first-order chi connectivity index (χ1) is 19.2. The Morgan fingerprint density at radius 1 is 1.00 bits per heavy atom. The van der Waals surface area contributed by atoms with Gasteiger partial charge in [-0.1, -0.05) is 6.07 Å². The number of amides is 5. The van der Waals surface area contributed by atoms with Crippen LogP contribution >= 0.6 is 0 Å². The number of imide groups is 1. The summed E-state index contributed by atoms with van der Waals surface area (Å²) in [5, 5.41) is 0. The third-order valence-corrected chi connectivity index (χ3v) is 8.24. The molecule has 5 amide bonds. The number of anilines is 3. The molecule has 0 bridgehead atoms. The van der Waals surface area contributed by atoms with E-state index in [1.807, 2.05) is 13.1 Å². The van der Waals surface area contributed by atoms with Crippen molar-refractivity contribution in [3.05, 3.63) is 47.2 Å². The Hall–Kier alpha value is -4.15. The van der Waals surface area contributed by atoms with Crippen molar-refractivity contribution >= 4 is 41.1 Å². The monoisotopic (exact) mass is 546 g/mol. The molecule has 1 atom stereocenters. The van der Waals surface area contributed by atoms with Crippen molar-refractivity contribution in [1.82, 2.24) is 14.8 Å². The van der Waals surface area contributed by atoms with Gasteiger partial charge in [-0.15, -0.1) is 0 Å². The van der Waals surface area contributed by atoms with E-state index in [1.165, 1.54) is 35.1 Å². The van der Waals surface area contributed by atoms with Crippen molar-refractivity contribution in [1.29, 1.82) is 0 Å². The molecule has 2 aromatic rings. The minimum absolute atomic E-state index is 0.187. The number of rotatable bonds is 5. The van der Waals surface area contributed by atoms with Gasteiger partial charge in [-0.3, -0.25) is 24.3 Å². The van der Waals surface area contributed by atoms with Gasteiger partial charge in [0.15, 0.2) is 0 Å². The van der Waals surface area contributed by atoms with Crippen molar-refractivity contribution in [3.8, 4) is 0 Å². The van der Waals surface area contributed by atoms with E-state index in [1.54, 1.807) is 23.1 Å². The smallest absolute Gasteiger partial charge is 0.414 e. The van der Waals surface area contributed by atoms with Crippen LogP contribution in [0.25, 0.3) is 0 Å². The van der Waals surface area contributed by atoms with Gasteiger partial charge in [0.25, 0.3) is 5.91 Å². The number of cyclic esters (lactones) is 1. The minimum Gasteiger partial charge on any atom is -0.447 e. The standard InChI is InChI=1S/C29H34N6O5/c1-18-14-22(21-4-5-21)16-30-26(18)31-8-10-32(11-9-31)27(37)24-7-6-23(35-19(2)17-40-29(35)39)15-25(24)34-13-12-33(20(3)36)28(34)38/h6-7,14-16,19,21H,4-5,8-13,17H2,1-3H3/t19-/m1/s1. The number of urea groups is 1. The van der Waals surface area contributed by atoms with E-state index in [-0.39, 0.29) is 37.6 Å². The fourth-order valence-electron chi connectivity index (χ4n) is 5.85. The highest BCUT2D eigenvalue weighted by Crippen LogP contribution is 2.40. The van der Waals surface area contributed by atoms with Crippen LogP contribution in [-0.4, -0.2) is 90.6 Å². The van der Waals surface area contributed by atoms with Crippen LogP contribution in [0.3, 0.4) is 0 Å². The van der Waals surface area contributed by atoms with E-state index in [4.69, 9.17) is 9.72 Å². The number of hydrogen-bond donors (Lipinski definition) is 0. The van der Waals surface area contributed by atoms with Crippen molar-refractivity contribution in [2.45, 2.75) is 45.6 Å². The predicted octanol–water partition coefficient (Wildman–Crippen LogP) is 3.36. The third-order valence-electron chi connectivity index (χ3n) is 8.24. The van der Waals surface area contributed by atoms with Gasteiger partial charge < -0.3 is 14.5 Å². The van der Waals surface area contributed by atoms with Crippen LogP contribution in [0.4, 0.5) is 26.8 Å². The molecule has 40 heavy (non-hydrogen) atoms. The molecule has 1 aromatic carbocycles. The molecule has 1 aliphatic carbocycles. The van der Waals surface area contributed by atoms with Crippen LogP contribution in [0.1, 0.15) is 54.1 Å². The highest BCUT2D eigenvalue weighted by molar-refractivity contribution is 6.09. The maximum absolute atomic E-state index is 13.9. The summed E-state index contributed by atoms with van der Waals surface area (Å²) < 4.78 is 5.18. The molecule has 1 saturated carbocycles. The van der Waals surface area contributed by atoms with Crippen LogP contribution in [0.2, 0.25) is 0 Å². The van der Waals surface area contributed by atoms with Crippen LogP contribution < -0.4 is 14.7 Å². The largest absolute Gasteiger partial charge is 0.447 e. The van der Waals surface area contributed by atoms with Gasteiger partial charge in [0.05, 0.1) is 17.3 Å². The highest BCUT2D eigenvalue weighted by Gasteiger charge is 2.37. The summed E-state index contributed by atoms with van der Waals surface area (Å²) in [6, 6.07) is 6.64. The Morgan fingerprint density at radius 2 is 1.75 bits per heavy atom. The number of benzene rings is 1. The Morgan fingerprint density at radius 3 is 2.35 bits per heavy atom. The first-order valence-electron chi connectivity index (χ1n) is 13.9. The van der Waals surface area contributed by atoms with E-state index < -0.39 is 12.1 Å². The summed E-state index contributed by atoms with van der Waals surface area (Å²) >= 11 is 0. The molecule has 1 aromatic heterocycles. The second-order valence-electron chi connectivity index (χ2n) is 11.1. The molecule has 0 spiro atoms. The number of carbonyl (C=O) groups is 4. The van der Waals surface area contributed by atoms with Crippen molar-refractivity contribution in [3.63, 3.8) is 0 Å². The van der Waals surface area contributed by atoms with E-state index in [9.17, 15) is 19.2 Å². The molecule has 210 valence electrons. The molecule has 0 radical (unpaired) electrons. The van der Waals surface area contributed by atoms with Gasteiger partial charge in [0.1, 0.15) is 12.4 Å². The Kier molecular flexibility index (Phi) is 6.59. The van der Waals surface area contributed by atoms with Gasteiger partial charge in [-0.25, -0.2) is 14.6 Å². The normalized spacial score (nSPS) is 21.4. The molecule has 4 fully saturated rings. The summed E-state index contributed by atoms with van der Waals surface area (Å²) in [5.74, 6) is 1.07. The topological polar surface area (TPSA) is 107 Å². The minimum atomic E-state index is -0.475. The average molecular weight is 547 g/mol. The SMILES string of the molecule is CC(=O)N1CCN(c2cc(N3C(=O)OC[C@H]3C)ccc2C(=O)N2CCN(c3ncc(C4CC4)cc3C)CC2)C1=O. The zero-order valence-electron chi connectivity index (χ0n) is 23.1. The molecule has 11 nitrogen and oxygen atoms in total. The Labute approximate surface area is 233 Å². The van der Waals surface area contributed by atoms with Crippen LogP contribution in [0.15, 0.2) is 30.5 Å². The lowest BCUT2D eigenvalue weighted by Crippen LogP contribution is -2.49. The quantitative estimate of drug-likeness (QED) is 0.566. The highest BCUT2D eigenvalue weighted by atomic mass is 16.6. The lowest BCUT2D eigenvalue weighted by atomic mass is 10.1. The third kappa shape index (κ3) is 4.63. The molecule has 4 heterocycles. The number of aromatic nitrogens is 1. The van der Waals surface area contributed by atoms with E-state index >= 15 is 0 Å². The van der Waals surface area contributed by atoms with Gasteiger partial charge in [0, 0.05) is 58.1 Å². The van der Waals surface area contributed by atoms with Gasteiger partial charge in [-0.05, 0) is 61.9 Å². The molecular weight excluding hydrogens is 512 g/mol. The van der Waals surface area contributed by atoms with E-state index in [0.29, 0.717) is 49.0 Å². The molecular formula is C29H34N6O5. The summed E-state index contributed by atoms with van der Waals surface area (Å²) in [6.45, 7) is 8.38. The van der Waals surface area contributed by atoms with Crippen molar-refractivity contribution < 1.29 is 23.9 Å². The maximum atomic E-state index is 13.9. The zero-order chi connectivity index (χ0) is 28.1. The molecule has 3 aliphatic heterocycles. The summed E-state index contributed by atoms with van der Waals surface area (Å²) in [7, 11) is 0. The average Bonchev–Trinajstić information content (AvgIpc) is 3.65. The number of carbonyl (C=O) groups excluding carboxylic acids is 4. The number of piperazine rings is 1. The number of pyridine rings is 1. The lowest BCUT2D eigenvalue weighted by molar-refractivity contribution is -0.125. The molecule has 3 saturated heterocycles. The first-order valence-corrected chi connectivity index (χ1v) is 13.9. The zero-order valence-corrected chi connectivity index (χ0v) is 23.1. The van der Waals surface area contributed by atoms with E-state index in [0.717, 1.165) is 16.3 Å². The van der Waals surface area contributed by atoms with Crippen LogP contribution in [0.5, 0.6) is 0 Å². The predicted molar refractivity (Wildman–Crippen MR) is 149 cm³/mol. The maximum Gasteiger partial charge on any atom is 0.414 e. The van der Waals surface area contributed by atoms with Gasteiger partial charge in [-0.2, -0.15) is 0 Å². The second-order valence-corrected chi connectivity index (χ2v) is 11.1. The van der Waals surface area contributed by atoms with Crippen molar-refractivity contribution in [2.24, 2.45) is 0 Å². The Balaban J connectivity index is 1.24.